The van der Waals surface area contributed by atoms with Gasteiger partial charge in [-0.3, -0.25) is 9.59 Å². The van der Waals surface area contributed by atoms with E-state index in [1.54, 1.807) is 11.3 Å². The van der Waals surface area contributed by atoms with E-state index in [2.05, 4.69) is 20.5 Å². The van der Waals surface area contributed by atoms with E-state index in [0.29, 0.717) is 6.42 Å². The van der Waals surface area contributed by atoms with Crippen LogP contribution in [0.3, 0.4) is 0 Å². The fourth-order valence-electron chi connectivity index (χ4n) is 2.96. The predicted octanol–water partition coefficient (Wildman–Crippen LogP) is 2.43. The van der Waals surface area contributed by atoms with Gasteiger partial charge in [0.15, 0.2) is 5.13 Å². The van der Waals surface area contributed by atoms with Crippen LogP contribution in [0.25, 0.3) is 0 Å². The van der Waals surface area contributed by atoms with Crippen LogP contribution < -0.4 is 15.5 Å². The fourth-order valence-corrected chi connectivity index (χ4v) is 3.66. The lowest BCUT2D eigenvalue weighted by atomic mass is 10.0. The molecule has 1 aromatic carbocycles. The zero-order valence-electron chi connectivity index (χ0n) is 14.2. The van der Waals surface area contributed by atoms with Crippen molar-refractivity contribution >= 4 is 34.0 Å². The normalized spacial score (nSPS) is 15.0. The maximum absolute atomic E-state index is 12.2. The number of benzene rings is 1. The molecule has 6 nitrogen and oxygen atoms in total. The number of thiazole rings is 1. The summed E-state index contributed by atoms with van der Waals surface area (Å²) in [5, 5.41) is 8.89. The highest BCUT2D eigenvalue weighted by Crippen LogP contribution is 2.22. The minimum atomic E-state index is -0.102. The fraction of sp³-hybridized carbons (Fsp3) is 0.389. The van der Waals surface area contributed by atoms with Gasteiger partial charge in [-0.25, -0.2) is 4.98 Å². The number of rotatable bonds is 5. The van der Waals surface area contributed by atoms with Crippen molar-refractivity contribution in [3.63, 3.8) is 0 Å². The second-order valence-electron chi connectivity index (χ2n) is 6.20. The highest BCUT2D eigenvalue weighted by atomic mass is 32.1. The number of nitrogens with one attached hydrogen (secondary N) is 2. The molecule has 2 aromatic rings. The molecule has 0 atom stereocenters. The Balaban J connectivity index is 1.44. The monoisotopic (exact) mass is 358 g/mol. The molecule has 2 N–H and O–H groups in total. The Hall–Kier alpha value is -2.41. The van der Waals surface area contributed by atoms with Crippen molar-refractivity contribution in [2.45, 2.75) is 32.2 Å². The van der Waals surface area contributed by atoms with Crippen molar-refractivity contribution in [3.05, 3.63) is 41.4 Å². The van der Waals surface area contributed by atoms with Crippen LogP contribution in [0.15, 0.2) is 35.8 Å². The summed E-state index contributed by atoms with van der Waals surface area (Å²) in [6, 6.07) is 7.60. The second kappa shape index (κ2) is 8.11. The Bertz CT molecular complexity index is 707. The first kappa shape index (κ1) is 17.4. The summed E-state index contributed by atoms with van der Waals surface area (Å²) < 4.78 is 0. The summed E-state index contributed by atoms with van der Waals surface area (Å²) in [6.07, 6.45) is 4.05. The first-order valence-electron chi connectivity index (χ1n) is 8.40. The molecule has 0 saturated carbocycles. The van der Waals surface area contributed by atoms with Crippen LogP contribution in [0.5, 0.6) is 0 Å². The lowest BCUT2D eigenvalue weighted by molar-refractivity contribution is -0.121. The third-order valence-corrected chi connectivity index (χ3v) is 5.02. The van der Waals surface area contributed by atoms with Gasteiger partial charge in [-0.05, 0) is 30.5 Å². The first-order chi connectivity index (χ1) is 12.1. The van der Waals surface area contributed by atoms with Gasteiger partial charge >= 0.3 is 0 Å². The van der Waals surface area contributed by atoms with Crippen LogP contribution >= 0.6 is 11.3 Å². The minimum absolute atomic E-state index is 0.0416. The van der Waals surface area contributed by atoms with Crippen LogP contribution in [-0.4, -0.2) is 35.9 Å². The minimum Gasteiger partial charge on any atom is -0.353 e. The molecule has 0 aliphatic carbocycles. The van der Waals surface area contributed by atoms with Gasteiger partial charge in [0.1, 0.15) is 0 Å². The molecule has 0 spiro atoms. The Morgan fingerprint density at radius 3 is 2.56 bits per heavy atom. The summed E-state index contributed by atoms with van der Waals surface area (Å²) in [7, 11) is 0. The second-order valence-corrected chi connectivity index (χ2v) is 7.07. The van der Waals surface area contributed by atoms with E-state index < -0.39 is 0 Å². The van der Waals surface area contributed by atoms with E-state index in [4.69, 9.17) is 0 Å². The van der Waals surface area contributed by atoms with E-state index in [1.165, 1.54) is 6.92 Å². The third-order valence-electron chi connectivity index (χ3n) is 4.19. The highest BCUT2D eigenvalue weighted by molar-refractivity contribution is 7.13. The molecule has 0 unspecified atom stereocenters. The molecule has 1 aliphatic heterocycles. The lowest BCUT2D eigenvalue weighted by Crippen LogP contribution is -2.45. The number of nitrogens with zero attached hydrogens (tertiary/aromatic N) is 2. The van der Waals surface area contributed by atoms with Crippen molar-refractivity contribution in [3.8, 4) is 0 Å². The smallest absolute Gasteiger partial charge is 0.224 e. The maximum Gasteiger partial charge on any atom is 0.224 e. The molecule has 132 valence electrons. The average Bonchev–Trinajstić information content (AvgIpc) is 3.11. The van der Waals surface area contributed by atoms with Gasteiger partial charge in [0.25, 0.3) is 0 Å². The predicted molar refractivity (Wildman–Crippen MR) is 99.9 cm³/mol. The number of aromatic nitrogens is 1. The zero-order valence-corrected chi connectivity index (χ0v) is 15.0. The number of piperidine rings is 1. The van der Waals surface area contributed by atoms with Gasteiger partial charge in [0.2, 0.25) is 11.8 Å². The Kier molecular flexibility index (Phi) is 5.65. The summed E-state index contributed by atoms with van der Waals surface area (Å²) in [4.78, 5) is 29.9. The molecule has 1 aliphatic rings. The van der Waals surface area contributed by atoms with Gasteiger partial charge < -0.3 is 15.5 Å². The Labute approximate surface area is 151 Å². The van der Waals surface area contributed by atoms with Crippen LogP contribution in [0.4, 0.5) is 10.8 Å². The van der Waals surface area contributed by atoms with Crippen molar-refractivity contribution in [1.29, 1.82) is 0 Å². The van der Waals surface area contributed by atoms with Gasteiger partial charge in [-0.2, -0.15) is 0 Å². The molecule has 2 heterocycles. The molecule has 25 heavy (non-hydrogen) atoms. The Morgan fingerprint density at radius 2 is 1.96 bits per heavy atom. The molecule has 1 aromatic heterocycles. The molecule has 0 bridgehead atoms. The maximum atomic E-state index is 12.2. The highest BCUT2D eigenvalue weighted by Gasteiger charge is 2.21. The van der Waals surface area contributed by atoms with Crippen LogP contribution in [-0.2, 0) is 16.0 Å². The summed E-state index contributed by atoms with van der Waals surface area (Å²) in [5.41, 5.74) is 1.68. The molecular weight excluding hydrogens is 336 g/mol. The summed E-state index contributed by atoms with van der Waals surface area (Å²) in [5.74, 6) is -0.0606. The molecule has 0 radical (unpaired) electrons. The number of amides is 2. The lowest BCUT2D eigenvalue weighted by Gasteiger charge is -2.32. The third kappa shape index (κ3) is 5.03. The topological polar surface area (TPSA) is 74.3 Å². The van der Waals surface area contributed by atoms with Gasteiger partial charge in [0.05, 0.1) is 6.42 Å². The Morgan fingerprint density at radius 1 is 1.24 bits per heavy atom. The van der Waals surface area contributed by atoms with E-state index >= 15 is 0 Å². The number of anilines is 2. The number of carbonyl (C=O) groups excluding carboxylic acids is 2. The summed E-state index contributed by atoms with van der Waals surface area (Å²) in [6.45, 7) is 3.31. The van der Waals surface area contributed by atoms with E-state index in [-0.39, 0.29) is 17.9 Å². The largest absolute Gasteiger partial charge is 0.353 e. The van der Waals surface area contributed by atoms with E-state index in [0.717, 1.165) is 42.3 Å². The van der Waals surface area contributed by atoms with Gasteiger partial charge in [0, 0.05) is 43.3 Å². The van der Waals surface area contributed by atoms with E-state index in [1.807, 2.05) is 35.8 Å². The zero-order chi connectivity index (χ0) is 17.6. The van der Waals surface area contributed by atoms with Crippen molar-refractivity contribution in [2.24, 2.45) is 0 Å². The van der Waals surface area contributed by atoms with Crippen LogP contribution in [0.1, 0.15) is 25.3 Å². The van der Waals surface area contributed by atoms with Crippen LogP contribution in [0.2, 0.25) is 0 Å². The SMILES string of the molecule is CC(=O)Nc1ccc(CC(=O)NC2CCN(c3nccs3)CC2)cc1. The van der Waals surface area contributed by atoms with E-state index in [9.17, 15) is 9.59 Å². The summed E-state index contributed by atoms with van der Waals surface area (Å²) >= 11 is 1.65. The molecule has 1 fully saturated rings. The number of hydrogen-bond donors (Lipinski definition) is 2. The van der Waals surface area contributed by atoms with Gasteiger partial charge in [-0.15, -0.1) is 11.3 Å². The van der Waals surface area contributed by atoms with Crippen molar-refractivity contribution in [1.82, 2.24) is 10.3 Å². The number of carbonyl (C=O) groups is 2. The quantitative estimate of drug-likeness (QED) is 0.861. The van der Waals surface area contributed by atoms with Crippen molar-refractivity contribution in [2.75, 3.05) is 23.3 Å². The molecule has 1 saturated heterocycles. The number of hydrogen-bond acceptors (Lipinski definition) is 5. The molecular formula is C18H22N4O2S. The molecule has 2 amide bonds. The van der Waals surface area contributed by atoms with Gasteiger partial charge in [-0.1, -0.05) is 12.1 Å². The average molecular weight is 358 g/mol. The van der Waals surface area contributed by atoms with Crippen LogP contribution in [0, 0.1) is 0 Å². The van der Waals surface area contributed by atoms with Crippen molar-refractivity contribution < 1.29 is 9.59 Å². The molecule has 3 rings (SSSR count). The standard InChI is InChI=1S/C18H22N4O2S/c1-13(23)20-15-4-2-14(3-5-15)12-17(24)21-16-6-9-22(10-7-16)18-19-8-11-25-18/h2-5,8,11,16H,6-7,9-10,12H2,1H3,(H,20,23)(H,21,24). The molecule has 7 heteroatoms. The first-order valence-corrected chi connectivity index (χ1v) is 9.28.